The Morgan fingerprint density at radius 1 is 1.24 bits per heavy atom. The second-order valence-electron chi connectivity index (χ2n) is 3.97. The molecule has 0 aliphatic rings. The maximum atomic E-state index is 5.95. The van der Waals surface area contributed by atoms with Crippen molar-refractivity contribution in [1.29, 1.82) is 0 Å². The molecule has 2 N–H and O–H groups in total. The Morgan fingerprint density at radius 3 is 2.71 bits per heavy atom. The van der Waals surface area contributed by atoms with Crippen LogP contribution in [0.1, 0.15) is 18.1 Å². The van der Waals surface area contributed by atoms with E-state index in [9.17, 15) is 0 Å². The molecule has 3 nitrogen and oxygen atoms in total. The topological polar surface area (TPSA) is 48.1 Å². The van der Waals surface area contributed by atoms with Gasteiger partial charge < -0.3 is 10.5 Å². The van der Waals surface area contributed by atoms with Crippen molar-refractivity contribution in [3.63, 3.8) is 0 Å². The molecule has 0 aliphatic carbocycles. The number of nitrogens with zero attached hydrogens (tertiary/aromatic N) is 1. The molecule has 0 saturated carbocycles. The summed E-state index contributed by atoms with van der Waals surface area (Å²) in [5.74, 6) is 1.48. The third-order valence-electron chi connectivity index (χ3n) is 2.67. The summed E-state index contributed by atoms with van der Waals surface area (Å²) in [7, 11) is 0. The highest BCUT2D eigenvalue weighted by Gasteiger charge is 2.05. The van der Waals surface area contributed by atoms with E-state index in [1.54, 1.807) is 12.4 Å². The average molecular weight is 228 g/mol. The first-order valence-electron chi connectivity index (χ1n) is 5.67. The smallest absolute Gasteiger partial charge is 0.150 e. The fourth-order valence-corrected chi connectivity index (χ4v) is 1.60. The molecule has 0 atom stereocenters. The summed E-state index contributed by atoms with van der Waals surface area (Å²) in [6.07, 6.45) is 4.45. The number of benzene rings is 1. The minimum atomic E-state index is 0.667. The fourth-order valence-electron chi connectivity index (χ4n) is 1.60. The summed E-state index contributed by atoms with van der Waals surface area (Å²) >= 11 is 0. The molecule has 1 aromatic carbocycles. The van der Waals surface area contributed by atoms with Crippen molar-refractivity contribution in [2.24, 2.45) is 0 Å². The van der Waals surface area contributed by atoms with Crippen molar-refractivity contribution in [3.8, 4) is 11.5 Å². The molecular weight excluding hydrogens is 212 g/mol. The van der Waals surface area contributed by atoms with Crippen molar-refractivity contribution in [2.75, 3.05) is 5.73 Å². The molecule has 0 aliphatic heterocycles. The number of nitrogens with two attached hydrogens (primary N) is 1. The van der Waals surface area contributed by atoms with E-state index in [4.69, 9.17) is 10.5 Å². The SMILES string of the molecule is CCc1ccc(Oc2ccncc2C)c(N)c1. The number of aryl methyl sites for hydroxylation is 2. The number of pyridine rings is 1. The number of rotatable bonds is 3. The molecule has 1 heterocycles. The Kier molecular flexibility index (Phi) is 3.28. The molecule has 3 heteroatoms. The third-order valence-corrected chi connectivity index (χ3v) is 2.67. The molecule has 0 bridgehead atoms. The van der Waals surface area contributed by atoms with E-state index in [-0.39, 0.29) is 0 Å². The fraction of sp³-hybridized carbons (Fsp3) is 0.214. The van der Waals surface area contributed by atoms with Crippen LogP contribution in [0.15, 0.2) is 36.7 Å². The van der Waals surface area contributed by atoms with Crippen LogP contribution in [0.25, 0.3) is 0 Å². The molecule has 0 unspecified atom stereocenters. The van der Waals surface area contributed by atoms with E-state index < -0.39 is 0 Å². The maximum absolute atomic E-state index is 5.95. The van der Waals surface area contributed by atoms with Gasteiger partial charge in [0.2, 0.25) is 0 Å². The molecule has 17 heavy (non-hydrogen) atoms. The van der Waals surface area contributed by atoms with Gasteiger partial charge in [0.1, 0.15) is 11.5 Å². The molecule has 0 radical (unpaired) electrons. The van der Waals surface area contributed by atoms with Crippen LogP contribution in [0.2, 0.25) is 0 Å². The lowest BCUT2D eigenvalue weighted by molar-refractivity contribution is 0.480. The molecule has 0 amide bonds. The number of aromatic nitrogens is 1. The summed E-state index contributed by atoms with van der Waals surface area (Å²) in [5, 5.41) is 0. The van der Waals surface area contributed by atoms with Gasteiger partial charge in [-0.3, -0.25) is 4.98 Å². The molecule has 2 aromatic rings. The van der Waals surface area contributed by atoms with Gasteiger partial charge in [-0.25, -0.2) is 0 Å². The first kappa shape index (κ1) is 11.5. The highest BCUT2D eigenvalue weighted by Crippen LogP contribution is 2.29. The van der Waals surface area contributed by atoms with Gasteiger partial charge in [0.15, 0.2) is 0 Å². The standard InChI is InChI=1S/C14H16N2O/c1-3-11-4-5-14(12(15)8-11)17-13-6-7-16-9-10(13)2/h4-9H,3,15H2,1-2H3. The predicted molar refractivity (Wildman–Crippen MR) is 69.3 cm³/mol. The summed E-state index contributed by atoms with van der Waals surface area (Å²) in [6, 6.07) is 7.73. The van der Waals surface area contributed by atoms with Gasteiger partial charge in [-0.05, 0) is 37.1 Å². The monoisotopic (exact) mass is 228 g/mol. The highest BCUT2D eigenvalue weighted by molar-refractivity contribution is 5.56. The van der Waals surface area contributed by atoms with Crippen molar-refractivity contribution < 1.29 is 4.74 Å². The van der Waals surface area contributed by atoms with Crippen LogP contribution in [-0.4, -0.2) is 4.98 Å². The van der Waals surface area contributed by atoms with Gasteiger partial charge in [0.05, 0.1) is 5.69 Å². The zero-order valence-electron chi connectivity index (χ0n) is 10.1. The van der Waals surface area contributed by atoms with E-state index >= 15 is 0 Å². The Bertz CT molecular complexity index is 523. The predicted octanol–water partition coefficient (Wildman–Crippen LogP) is 3.33. The van der Waals surface area contributed by atoms with E-state index in [1.165, 1.54) is 5.56 Å². The lowest BCUT2D eigenvalue weighted by Crippen LogP contribution is -1.95. The lowest BCUT2D eigenvalue weighted by atomic mass is 10.1. The number of hydrogen-bond acceptors (Lipinski definition) is 3. The molecule has 0 fully saturated rings. The first-order chi connectivity index (χ1) is 8.20. The quantitative estimate of drug-likeness (QED) is 0.820. The normalized spacial score (nSPS) is 10.2. The number of anilines is 1. The zero-order chi connectivity index (χ0) is 12.3. The summed E-state index contributed by atoms with van der Waals surface area (Å²) in [5.41, 5.74) is 8.82. The zero-order valence-corrected chi connectivity index (χ0v) is 10.1. The molecule has 0 spiro atoms. The molecule has 0 saturated heterocycles. The van der Waals surface area contributed by atoms with Crippen LogP contribution < -0.4 is 10.5 Å². The van der Waals surface area contributed by atoms with Crippen molar-refractivity contribution in [2.45, 2.75) is 20.3 Å². The Balaban J connectivity index is 2.28. The maximum Gasteiger partial charge on any atom is 0.150 e. The van der Waals surface area contributed by atoms with Gasteiger partial charge in [-0.15, -0.1) is 0 Å². The third kappa shape index (κ3) is 2.56. The van der Waals surface area contributed by atoms with Crippen LogP contribution in [0.3, 0.4) is 0 Å². The summed E-state index contributed by atoms with van der Waals surface area (Å²) < 4.78 is 5.77. The van der Waals surface area contributed by atoms with E-state index in [2.05, 4.69) is 11.9 Å². The minimum absolute atomic E-state index is 0.667. The Labute approximate surface area is 101 Å². The first-order valence-corrected chi connectivity index (χ1v) is 5.67. The van der Waals surface area contributed by atoms with E-state index in [0.717, 1.165) is 17.7 Å². The highest BCUT2D eigenvalue weighted by atomic mass is 16.5. The van der Waals surface area contributed by atoms with Crippen LogP contribution >= 0.6 is 0 Å². The van der Waals surface area contributed by atoms with Gasteiger partial charge in [0.25, 0.3) is 0 Å². The molecular formula is C14H16N2O. The summed E-state index contributed by atoms with van der Waals surface area (Å²) in [6.45, 7) is 4.06. The van der Waals surface area contributed by atoms with Crippen LogP contribution in [0.5, 0.6) is 11.5 Å². The Hall–Kier alpha value is -2.03. The van der Waals surface area contributed by atoms with Crippen LogP contribution in [-0.2, 0) is 6.42 Å². The van der Waals surface area contributed by atoms with E-state index in [1.807, 2.05) is 31.2 Å². The molecule has 1 aromatic heterocycles. The Morgan fingerprint density at radius 2 is 2.06 bits per heavy atom. The average Bonchev–Trinajstić information content (AvgIpc) is 2.34. The van der Waals surface area contributed by atoms with E-state index in [0.29, 0.717) is 11.4 Å². The molecule has 88 valence electrons. The van der Waals surface area contributed by atoms with Crippen molar-refractivity contribution >= 4 is 5.69 Å². The second kappa shape index (κ2) is 4.87. The van der Waals surface area contributed by atoms with Gasteiger partial charge in [0, 0.05) is 18.0 Å². The second-order valence-corrected chi connectivity index (χ2v) is 3.97. The summed E-state index contributed by atoms with van der Waals surface area (Å²) in [4.78, 5) is 4.03. The van der Waals surface area contributed by atoms with Crippen molar-refractivity contribution in [1.82, 2.24) is 4.98 Å². The lowest BCUT2D eigenvalue weighted by Gasteiger charge is -2.11. The largest absolute Gasteiger partial charge is 0.455 e. The van der Waals surface area contributed by atoms with Gasteiger partial charge in [-0.1, -0.05) is 13.0 Å². The minimum Gasteiger partial charge on any atom is -0.455 e. The van der Waals surface area contributed by atoms with Crippen LogP contribution in [0.4, 0.5) is 5.69 Å². The van der Waals surface area contributed by atoms with Crippen molar-refractivity contribution in [3.05, 3.63) is 47.8 Å². The number of nitrogen functional groups attached to an aromatic ring is 1. The van der Waals surface area contributed by atoms with Crippen LogP contribution in [0, 0.1) is 6.92 Å². The number of ether oxygens (including phenoxy) is 1. The van der Waals surface area contributed by atoms with Gasteiger partial charge in [-0.2, -0.15) is 0 Å². The van der Waals surface area contributed by atoms with Gasteiger partial charge >= 0.3 is 0 Å². The number of hydrogen-bond donors (Lipinski definition) is 1. The molecule has 2 rings (SSSR count).